The van der Waals surface area contributed by atoms with Crippen molar-refractivity contribution in [1.82, 2.24) is 15.2 Å². The van der Waals surface area contributed by atoms with E-state index in [0.717, 1.165) is 25.0 Å². The minimum absolute atomic E-state index is 0.00176. The van der Waals surface area contributed by atoms with Crippen LogP contribution in [0.2, 0.25) is 10.0 Å². The number of esters is 1. The average molecular weight is 589 g/mol. The Kier molecular flexibility index (Phi) is 6.69. The Bertz CT molecular complexity index is 1380. The molecule has 8 nitrogen and oxygen atoms in total. The van der Waals surface area contributed by atoms with E-state index in [1.54, 1.807) is 11.8 Å². The number of nitrogens with zero attached hydrogens (tertiary/aromatic N) is 3. The number of methoxy groups -OCH3 is 1. The molecule has 1 fully saturated rings. The zero-order chi connectivity index (χ0) is 28.3. The molecule has 0 radical (unpaired) electrons. The molecule has 3 aliphatic rings. The first-order chi connectivity index (χ1) is 18.3. The molecule has 3 heterocycles. The SMILES string of the molecule is COC(=O)C(C)(NC(=O)c1cc2c(cn1)CN(C1=NOC(c3cc(Cl)c(F)c(Cl)c3)(C(F)(F)F)C1)C2)C1CC1. The monoisotopic (exact) mass is 588 g/mol. The number of pyridine rings is 1. The van der Waals surface area contributed by atoms with Gasteiger partial charge < -0.3 is 19.8 Å². The molecule has 0 bridgehead atoms. The van der Waals surface area contributed by atoms with E-state index < -0.39 is 57.0 Å². The van der Waals surface area contributed by atoms with Crippen molar-refractivity contribution in [2.24, 2.45) is 11.1 Å². The van der Waals surface area contributed by atoms with E-state index in [1.165, 1.54) is 19.4 Å². The lowest BCUT2D eigenvalue weighted by Gasteiger charge is -2.30. The Labute approximate surface area is 230 Å². The second kappa shape index (κ2) is 9.51. The number of fused-ring (bicyclic) bond motifs is 1. The summed E-state index contributed by atoms with van der Waals surface area (Å²) in [6, 6.07) is 3.18. The molecule has 0 saturated heterocycles. The molecule has 39 heavy (non-hydrogen) atoms. The van der Waals surface area contributed by atoms with E-state index in [4.69, 9.17) is 32.8 Å². The number of aromatic nitrogens is 1. The van der Waals surface area contributed by atoms with Crippen LogP contribution in [0.1, 0.15) is 53.4 Å². The summed E-state index contributed by atoms with van der Waals surface area (Å²) in [5, 5.41) is 5.31. The van der Waals surface area contributed by atoms with Crippen molar-refractivity contribution in [3.05, 3.63) is 62.6 Å². The molecule has 2 atom stereocenters. The summed E-state index contributed by atoms with van der Waals surface area (Å²) in [5.41, 5.74) is -3.20. The Morgan fingerprint density at radius 1 is 1.15 bits per heavy atom. The number of hydrogen-bond acceptors (Lipinski definition) is 7. The second-order valence-corrected chi connectivity index (χ2v) is 10.8. The summed E-state index contributed by atoms with van der Waals surface area (Å²) in [7, 11) is 1.25. The van der Waals surface area contributed by atoms with Gasteiger partial charge in [0.15, 0.2) is 5.82 Å². The Morgan fingerprint density at radius 2 is 1.79 bits per heavy atom. The Hall–Kier alpha value is -3.12. The lowest BCUT2D eigenvalue weighted by atomic mass is 9.89. The zero-order valence-corrected chi connectivity index (χ0v) is 22.2. The van der Waals surface area contributed by atoms with Gasteiger partial charge in [-0.05, 0) is 55.0 Å². The average Bonchev–Trinajstić information content (AvgIpc) is 3.50. The third-order valence-corrected chi connectivity index (χ3v) is 7.95. The molecule has 1 aromatic heterocycles. The highest BCUT2D eigenvalue weighted by atomic mass is 35.5. The Balaban J connectivity index is 1.34. The molecule has 1 aromatic carbocycles. The number of oxime groups is 1. The summed E-state index contributed by atoms with van der Waals surface area (Å²) in [6.07, 6.45) is -2.63. The van der Waals surface area contributed by atoms with Crippen LogP contribution in [0.3, 0.4) is 0 Å². The molecule has 0 spiro atoms. The maximum Gasteiger partial charge on any atom is 0.435 e. The molecule has 2 aliphatic heterocycles. The van der Waals surface area contributed by atoms with Crippen LogP contribution >= 0.6 is 23.2 Å². The van der Waals surface area contributed by atoms with Crippen molar-refractivity contribution < 1.29 is 36.7 Å². The third-order valence-electron chi connectivity index (χ3n) is 7.40. The van der Waals surface area contributed by atoms with E-state index in [1.807, 2.05) is 0 Å². The maximum absolute atomic E-state index is 14.3. The summed E-state index contributed by atoms with van der Waals surface area (Å²) in [6.45, 7) is 1.92. The standard InChI is InChI=1S/C25H22Cl2F4N4O4/c1-23(14-3-4-14,22(37)38-2)33-21(36)18-5-12-10-35(11-13(12)9-32-18)19-8-24(39-34-19,25(29,30)31)15-6-16(26)20(28)17(27)7-15/h5-7,9,14H,3-4,8,10-11H2,1-2H3,(H,33,36). The van der Waals surface area contributed by atoms with Crippen molar-refractivity contribution in [2.75, 3.05) is 7.11 Å². The summed E-state index contributed by atoms with van der Waals surface area (Å²) >= 11 is 11.5. The quantitative estimate of drug-likeness (QED) is 0.296. The van der Waals surface area contributed by atoms with Crippen LogP contribution in [-0.4, -0.2) is 46.4 Å². The van der Waals surface area contributed by atoms with Crippen molar-refractivity contribution in [3.63, 3.8) is 0 Å². The summed E-state index contributed by atoms with van der Waals surface area (Å²) in [4.78, 5) is 36.1. The zero-order valence-electron chi connectivity index (χ0n) is 20.7. The van der Waals surface area contributed by atoms with Gasteiger partial charge in [-0.1, -0.05) is 28.4 Å². The van der Waals surface area contributed by atoms with Gasteiger partial charge in [-0.2, -0.15) is 13.2 Å². The van der Waals surface area contributed by atoms with Crippen LogP contribution in [0, 0.1) is 11.7 Å². The number of nitrogens with one attached hydrogen (secondary N) is 1. The number of halogens is 6. The van der Waals surface area contributed by atoms with Crippen molar-refractivity contribution in [1.29, 1.82) is 0 Å². The first-order valence-corrected chi connectivity index (χ1v) is 12.6. The van der Waals surface area contributed by atoms with Gasteiger partial charge in [0.1, 0.15) is 17.1 Å². The van der Waals surface area contributed by atoms with Gasteiger partial charge >= 0.3 is 12.1 Å². The highest BCUT2D eigenvalue weighted by Crippen LogP contribution is 2.50. The lowest BCUT2D eigenvalue weighted by Crippen LogP contribution is -2.54. The number of rotatable bonds is 5. The number of carbonyl (C=O) groups is 2. The van der Waals surface area contributed by atoms with E-state index in [-0.39, 0.29) is 30.5 Å². The highest BCUT2D eigenvalue weighted by Gasteiger charge is 2.63. The molecular weight excluding hydrogens is 567 g/mol. The van der Waals surface area contributed by atoms with Crippen LogP contribution in [-0.2, 0) is 33.1 Å². The topological polar surface area (TPSA) is 93.1 Å². The van der Waals surface area contributed by atoms with E-state index >= 15 is 0 Å². The molecule has 1 amide bonds. The van der Waals surface area contributed by atoms with E-state index in [2.05, 4.69) is 15.5 Å². The predicted octanol–water partition coefficient (Wildman–Crippen LogP) is 5.11. The third kappa shape index (κ3) is 4.67. The number of carbonyl (C=O) groups excluding carboxylic acids is 2. The smallest absolute Gasteiger partial charge is 0.435 e. The molecule has 14 heteroatoms. The molecule has 1 N–H and O–H groups in total. The van der Waals surface area contributed by atoms with Crippen LogP contribution in [0.5, 0.6) is 0 Å². The van der Waals surface area contributed by atoms with Crippen LogP contribution in [0.4, 0.5) is 17.6 Å². The normalized spacial score (nSPS) is 22.1. The highest BCUT2D eigenvalue weighted by molar-refractivity contribution is 6.35. The van der Waals surface area contributed by atoms with Gasteiger partial charge in [-0.3, -0.25) is 9.78 Å². The largest absolute Gasteiger partial charge is 0.467 e. The molecule has 2 aromatic rings. The van der Waals surface area contributed by atoms with Gasteiger partial charge in [-0.15, -0.1) is 0 Å². The fourth-order valence-electron chi connectivity index (χ4n) is 4.93. The fourth-order valence-corrected chi connectivity index (χ4v) is 5.41. The molecule has 1 saturated carbocycles. The summed E-state index contributed by atoms with van der Waals surface area (Å²) in [5.74, 6) is -2.21. The number of benzene rings is 1. The van der Waals surface area contributed by atoms with Gasteiger partial charge in [0.05, 0.1) is 23.6 Å². The lowest BCUT2D eigenvalue weighted by molar-refractivity contribution is -0.275. The van der Waals surface area contributed by atoms with Gasteiger partial charge in [-0.25, -0.2) is 9.18 Å². The predicted molar refractivity (Wildman–Crippen MR) is 131 cm³/mol. The van der Waals surface area contributed by atoms with E-state index in [9.17, 15) is 27.2 Å². The molecule has 5 rings (SSSR count). The Morgan fingerprint density at radius 3 is 2.38 bits per heavy atom. The number of amidine groups is 1. The minimum atomic E-state index is -4.93. The molecule has 208 valence electrons. The van der Waals surface area contributed by atoms with Gasteiger partial charge in [0.2, 0.25) is 0 Å². The fraction of sp³-hybridized carbons (Fsp3) is 0.440. The van der Waals surface area contributed by atoms with Crippen molar-refractivity contribution in [3.8, 4) is 0 Å². The van der Waals surface area contributed by atoms with Crippen molar-refractivity contribution in [2.45, 2.75) is 56.6 Å². The molecule has 1 aliphatic carbocycles. The molecular formula is C25H22Cl2F4N4O4. The van der Waals surface area contributed by atoms with Gasteiger partial charge in [0.25, 0.3) is 11.5 Å². The van der Waals surface area contributed by atoms with Crippen LogP contribution in [0.15, 0.2) is 29.6 Å². The van der Waals surface area contributed by atoms with E-state index in [0.29, 0.717) is 11.1 Å². The minimum Gasteiger partial charge on any atom is -0.467 e. The maximum atomic E-state index is 14.3. The number of hydrogen-bond donors (Lipinski definition) is 1. The first-order valence-electron chi connectivity index (χ1n) is 11.9. The van der Waals surface area contributed by atoms with Crippen LogP contribution < -0.4 is 5.32 Å². The molecule has 2 unspecified atom stereocenters. The summed E-state index contributed by atoms with van der Waals surface area (Å²) < 4.78 is 61.7. The number of alkyl halides is 3. The second-order valence-electron chi connectivity index (χ2n) is 9.97. The van der Waals surface area contributed by atoms with Gasteiger partial charge in [0, 0.05) is 24.8 Å². The van der Waals surface area contributed by atoms with Crippen LogP contribution in [0.25, 0.3) is 0 Å². The van der Waals surface area contributed by atoms with Crippen molar-refractivity contribution >= 4 is 40.9 Å². The number of ether oxygens (including phenoxy) is 1. The first kappa shape index (κ1) is 27.4. The number of amides is 1.